The zero-order chi connectivity index (χ0) is 12.3. The van der Waals surface area contributed by atoms with Gasteiger partial charge in [-0.15, -0.1) is 0 Å². The van der Waals surface area contributed by atoms with Crippen LogP contribution in [-0.2, 0) is 9.59 Å². The lowest BCUT2D eigenvalue weighted by atomic mass is 9.88. The Morgan fingerprint density at radius 2 is 2.19 bits per heavy atom. The summed E-state index contributed by atoms with van der Waals surface area (Å²) in [5.74, 6) is -1.55. The first kappa shape index (κ1) is 13.0. The van der Waals surface area contributed by atoms with Crippen molar-refractivity contribution in [3.8, 4) is 0 Å². The summed E-state index contributed by atoms with van der Waals surface area (Å²) in [7, 11) is 0. The smallest absolute Gasteiger partial charge is 0.306 e. The van der Waals surface area contributed by atoms with Crippen LogP contribution in [0.15, 0.2) is 0 Å². The maximum atomic E-state index is 11.0. The molecule has 5 heteroatoms. The SMILES string of the molecule is CC(C)[C@H](CC(O)C1CCC(=O)N1)C(=O)O. The van der Waals surface area contributed by atoms with Crippen molar-refractivity contribution in [1.82, 2.24) is 5.32 Å². The highest BCUT2D eigenvalue weighted by atomic mass is 16.4. The standard InChI is InChI=1S/C11H19NO4/c1-6(2)7(11(15)16)5-9(13)8-3-4-10(14)12-8/h6-9,13H,3-5H2,1-2H3,(H,12,14)(H,15,16)/t7-,8?,9?/m0/s1. The van der Waals surface area contributed by atoms with E-state index in [4.69, 9.17) is 5.11 Å². The molecule has 1 rings (SSSR count). The molecule has 0 bridgehead atoms. The third-order valence-corrected chi connectivity index (χ3v) is 3.11. The van der Waals surface area contributed by atoms with Crippen molar-refractivity contribution >= 4 is 11.9 Å². The second kappa shape index (κ2) is 5.30. The van der Waals surface area contributed by atoms with Crippen LogP contribution in [-0.4, -0.2) is 34.2 Å². The molecule has 16 heavy (non-hydrogen) atoms. The average Bonchev–Trinajstić information content (AvgIpc) is 2.59. The molecule has 0 spiro atoms. The van der Waals surface area contributed by atoms with Crippen LogP contribution >= 0.6 is 0 Å². The minimum absolute atomic E-state index is 0.0238. The van der Waals surface area contributed by atoms with Crippen molar-refractivity contribution in [3.63, 3.8) is 0 Å². The summed E-state index contributed by atoms with van der Waals surface area (Å²) in [5.41, 5.74) is 0. The van der Waals surface area contributed by atoms with Crippen LogP contribution in [0.25, 0.3) is 0 Å². The second-order valence-electron chi connectivity index (χ2n) is 4.70. The van der Waals surface area contributed by atoms with Crippen LogP contribution < -0.4 is 5.32 Å². The molecule has 3 atom stereocenters. The summed E-state index contributed by atoms with van der Waals surface area (Å²) in [6, 6.07) is -0.284. The molecule has 0 aliphatic carbocycles. The molecule has 1 amide bonds. The quantitative estimate of drug-likeness (QED) is 0.635. The van der Waals surface area contributed by atoms with Gasteiger partial charge in [-0.25, -0.2) is 0 Å². The minimum atomic E-state index is -0.890. The Morgan fingerprint density at radius 1 is 1.56 bits per heavy atom. The second-order valence-corrected chi connectivity index (χ2v) is 4.70. The lowest BCUT2D eigenvalue weighted by molar-refractivity contribution is -0.144. The summed E-state index contributed by atoms with van der Waals surface area (Å²) >= 11 is 0. The number of hydrogen-bond acceptors (Lipinski definition) is 3. The molecule has 0 aromatic heterocycles. The summed E-state index contributed by atoms with van der Waals surface area (Å²) in [4.78, 5) is 21.9. The Labute approximate surface area is 94.8 Å². The molecule has 3 N–H and O–H groups in total. The first-order valence-corrected chi connectivity index (χ1v) is 5.62. The van der Waals surface area contributed by atoms with Gasteiger partial charge in [0.2, 0.25) is 5.91 Å². The number of carbonyl (C=O) groups is 2. The highest BCUT2D eigenvalue weighted by Crippen LogP contribution is 2.22. The van der Waals surface area contributed by atoms with Gasteiger partial charge in [-0.2, -0.15) is 0 Å². The van der Waals surface area contributed by atoms with Crippen LogP contribution in [0.1, 0.15) is 33.1 Å². The van der Waals surface area contributed by atoms with Crippen molar-refractivity contribution in [1.29, 1.82) is 0 Å². The highest BCUT2D eigenvalue weighted by Gasteiger charge is 2.32. The van der Waals surface area contributed by atoms with E-state index in [1.807, 2.05) is 13.8 Å². The molecular weight excluding hydrogens is 210 g/mol. The summed E-state index contributed by atoms with van der Waals surface area (Å²) in [5, 5.41) is 21.5. The van der Waals surface area contributed by atoms with Gasteiger partial charge in [0, 0.05) is 6.42 Å². The van der Waals surface area contributed by atoms with E-state index in [1.54, 1.807) is 0 Å². The van der Waals surface area contributed by atoms with Gasteiger partial charge < -0.3 is 15.5 Å². The number of carboxylic acids is 1. The Morgan fingerprint density at radius 3 is 2.56 bits per heavy atom. The van der Waals surface area contributed by atoms with Crippen molar-refractivity contribution in [2.24, 2.45) is 11.8 Å². The van der Waals surface area contributed by atoms with Gasteiger partial charge in [-0.1, -0.05) is 13.8 Å². The molecule has 92 valence electrons. The Hall–Kier alpha value is -1.10. The van der Waals surface area contributed by atoms with E-state index in [9.17, 15) is 14.7 Å². The third kappa shape index (κ3) is 3.20. The van der Waals surface area contributed by atoms with Crippen molar-refractivity contribution < 1.29 is 19.8 Å². The van der Waals surface area contributed by atoms with Crippen LogP contribution in [0.3, 0.4) is 0 Å². The number of nitrogens with one attached hydrogen (secondary N) is 1. The van der Waals surface area contributed by atoms with Crippen LogP contribution in [0.4, 0.5) is 0 Å². The average molecular weight is 229 g/mol. The van der Waals surface area contributed by atoms with E-state index in [0.717, 1.165) is 0 Å². The fraction of sp³-hybridized carbons (Fsp3) is 0.818. The van der Waals surface area contributed by atoms with Crippen LogP contribution in [0, 0.1) is 11.8 Å². The van der Waals surface area contributed by atoms with Gasteiger partial charge in [0.15, 0.2) is 0 Å². The van der Waals surface area contributed by atoms with Gasteiger partial charge in [0.1, 0.15) is 0 Å². The summed E-state index contributed by atoms with van der Waals surface area (Å²) < 4.78 is 0. The normalized spacial score (nSPS) is 24.2. The topological polar surface area (TPSA) is 86.6 Å². The zero-order valence-electron chi connectivity index (χ0n) is 9.64. The van der Waals surface area contributed by atoms with Gasteiger partial charge in [0.05, 0.1) is 18.1 Å². The molecule has 0 radical (unpaired) electrons. The molecule has 1 aliphatic rings. The van der Waals surface area contributed by atoms with Crippen LogP contribution in [0.5, 0.6) is 0 Å². The van der Waals surface area contributed by atoms with Gasteiger partial charge in [-0.05, 0) is 18.8 Å². The number of aliphatic carboxylic acids is 1. The number of rotatable bonds is 5. The summed E-state index contributed by atoms with van der Waals surface area (Å²) in [6.07, 6.45) is 0.429. The fourth-order valence-corrected chi connectivity index (χ4v) is 2.01. The number of aliphatic hydroxyl groups is 1. The van der Waals surface area contributed by atoms with Gasteiger partial charge in [-0.3, -0.25) is 9.59 Å². The molecule has 5 nitrogen and oxygen atoms in total. The maximum Gasteiger partial charge on any atom is 0.306 e. The van der Waals surface area contributed by atoms with E-state index >= 15 is 0 Å². The Balaban J connectivity index is 2.51. The maximum absolute atomic E-state index is 11.0. The molecule has 0 aromatic carbocycles. The largest absolute Gasteiger partial charge is 0.481 e. The highest BCUT2D eigenvalue weighted by molar-refractivity contribution is 5.78. The number of carbonyl (C=O) groups excluding carboxylic acids is 1. The molecule has 1 fully saturated rings. The number of aliphatic hydroxyl groups excluding tert-OH is 1. The first-order chi connectivity index (χ1) is 7.41. The van der Waals surface area contributed by atoms with E-state index in [-0.39, 0.29) is 24.3 Å². The van der Waals surface area contributed by atoms with Crippen molar-refractivity contribution in [3.05, 3.63) is 0 Å². The Bertz CT molecular complexity index is 277. The van der Waals surface area contributed by atoms with E-state index in [0.29, 0.717) is 12.8 Å². The molecule has 0 aromatic rings. The fourth-order valence-electron chi connectivity index (χ4n) is 2.01. The number of carboxylic acid groups (broad SMARTS) is 1. The van der Waals surface area contributed by atoms with Crippen molar-refractivity contribution in [2.75, 3.05) is 0 Å². The molecule has 1 saturated heterocycles. The molecule has 0 saturated carbocycles. The first-order valence-electron chi connectivity index (χ1n) is 5.62. The van der Waals surface area contributed by atoms with Crippen LogP contribution in [0.2, 0.25) is 0 Å². The van der Waals surface area contributed by atoms with Gasteiger partial charge in [0.25, 0.3) is 0 Å². The van der Waals surface area contributed by atoms with E-state index < -0.39 is 18.0 Å². The van der Waals surface area contributed by atoms with E-state index in [2.05, 4.69) is 5.32 Å². The number of amides is 1. The predicted octanol–water partition coefficient (Wildman–Crippen LogP) is 0.373. The lowest BCUT2D eigenvalue weighted by Crippen LogP contribution is -2.39. The molecule has 1 heterocycles. The Kier molecular flexibility index (Phi) is 4.29. The molecule has 2 unspecified atom stereocenters. The third-order valence-electron chi connectivity index (χ3n) is 3.11. The van der Waals surface area contributed by atoms with Gasteiger partial charge >= 0.3 is 5.97 Å². The van der Waals surface area contributed by atoms with E-state index in [1.165, 1.54) is 0 Å². The monoisotopic (exact) mass is 229 g/mol. The lowest BCUT2D eigenvalue weighted by Gasteiger charge is -2.23. The molecular formula is C11H19NO4. The zero-order valence-corrected chi connectivity index (χ0v) is 9.64. The number of hydrogen-bond donors (Lipinski definition) is 3. The minimum Gasteiger partial charge on any atom is -0.481 e. The summed E-state index contributed by atoms with van der Waals surface area (Å²) in [6.45, 7) is 3.64. The van der Waals surface area contributed by atoms with Crippen molar-refractivity contribution in [2.45, 2.75) is 45.3 Å². The predicted molar refractivity (Wildman–Crippen MR) is 57.8 cm³/mol. The molecule has 1 aliphatic heterocycles.